The summed E-state index contributed by atoms with van der Waals surface area (Å²) in [6.45, 7) is 6.49. The van der Waals surface area contributed by atoms with Gasteiger partial charge in [-0.3, -0.25) is 4.68 Å². The molecule has 0 aliphatic heterocycles. The monoisotopic (exact) mass is 247 g/mol. The average molecular weight is 247 g/mol. The van der Waals surface area contributed by atoms with Crippen LogP contribution in [-0.2, 0) is 13.1 Å². The molecule has 0 spiro atoms. The lowest BCUT2D eigenvalue weighted by atomic mass is 10.2. The SMILES string of the molecule is CCNCc1cnn(Cc2cccc(F)c2)c1C. The third kappa shape index (κ3) is 2.96. The predicted octanol–water partition coefficient (Wildman–Crippen LogP) is 2.49. The van der Waals surface area contributed by atoms with Gasteiger partial charge in [-0.1, -0.05) is 19.1 Å². The van der Waals surface area contributed by atoms with Crippen LogP contribution in [0.5, 0.6) is 0 Å². The lowest BCUT2D eigenvalue weighted by molar-refractivity contribution is 0.616. The van der Waals surface area contributed by atoms with Crippen molar-refractivity contribution in [3.8, 4) is 0 Å². The van der Waals surface area contributed by atoms with Gasteiger partial charge in [0, 0.05) is 17.8 Å². The first-order valence-electron chi connectivity index (χ1n) is 6.17. The van der Waals surface area contributed by atoms with Gasteiger partial charge in [0.2, 0.25) is 0 Å². The summed E-state index contributed by atoms with van der Waals surface area (Å²) < 4.78 is 15.0. The molecule has 0 aliphatic rings. The molecule has 0 aliphatic carbocycles. The van der Waals surface area contributed by atoms with Crippen LogP contribution in [0.4, 0.5) is 4.39 Å². The van der Waals surface area contributed by atoms with Gasteiger partial charge in [0.25, 0.3) is 0 Å². The van der Waals surface area contributed by atoms with Gasteiger partial charge >= 0.3 is 0 Å². The molecule has 1 aromatic heterocycles. The van der Waals surface area contributed by atoms with Crippen molar-refractivity contribution in [2.75, 3.05) is 6.54 Å². The van der Waals surface area contributed by atoms with E-state index in [2.05, 4.69) is 17.3 Å². The van der Waals surface area contributed by atoms with Crippen LogP contribution in [0.1, 0.15) is 23.7 Å². The van der Waals surface area contributed by atoms with E-state index in [1.165, 1.54) is 11.6 Å². The van der Waals surface area contributed by atoms with Crippen molar-refractivity contribution >= 4 is 0 Å². The fourth-order valence-electron chi connectivity index (χ4n) is 1.89. The van der Waals surface area contributed by atoms with E-state index in [0.29, 0.717) is 6.54 Å². The minimum Gasteiger partial charge on any atom is -0.313 e. The molecule has 0 atom stereocenters. The summed E-state index contributed by atoms with van der Waals surface area (Å²) in [6, 6.07) is 6.64. The Morgan fingerprint density at radius 2 is 2.22 bits per heavy atom. The average Bonchev–Trinajstić information content (AvgIpc) is 2.69. The summed E-state index contributed by atoms with van der Waals surface area (Å²) in [7, 11) is 0. The number of rotatable bonds is 5. The molecule has 2 rings (SSSR count). The Hall–Kier alpha value is -1.68. The van der Waals surface area contributed by atoms with Gasteiger partial charge in [-0.25, -0.2) is 4.39 Å². The molecule has 4 heteroatoms. The Labute approximate surface area is 107 Å². The van der Waals surface area contributed by atoms with Crippen LogP contribution >= 0.6 is 0 Å². The second-order valence-electron chi connectivity index (χ2n) is 4.32. The maximum absolute atomic E-state index is 13.1. The van der Waals surface area contributed by atoms with E-state index in [1.807, 2.05) is 23.9 Å². The lowest BCUT2D eigenvalue weighted by Crippen LogP contribution is -2.12. The first kappa shape index (κ1) is 12.8. The quantitative estimate of drug-likeness (QED) is 0.879. The molecule has 1 aromatic carbocycles. The van der Waals surface area contributed by atoms with Gasteiger partial charge in [0.1, 0.15) is 5.82 Å². The number of hydrogen-bond donors (Lipinski definition) is 1. The normalized spacial score (nSPS) is 10.8. The number of nitrogens with zero attached hydrogens (tertiary/aromatic N) is 2. The topological polar surface area (TPSA) is 29.9 Å². The molecular weight excluding hydrogens is 229 g/mol. The van der Waals surface area contributed by atoms with E-state index in [0.717, 1.165) is 24.3 Å². The number of hydrogen-bond acceptors (Lipinski definition) is 2. The summed E-state index contributed by atoms with van der Waals surface area (Å²) in [5.74, 6) is -0.204. The standard InChI is InChI=1S/C14H18FN3/c1-3-16-8-13-9-17-18(11(13)2)10-12-5-4-6-14(15)7-12/h4-7,9,16H,3,8,10H2,1-2H3. The fourth-order valence-corrected chi connectivity index (χ4v) is 1.89. The number of benzene rings is 1. The van der Waals surface area contributed by atoms with Crippen LogP contribution in [0.2, 0.25) is 0 Å². The summed E-state index contributed by atoms with van der Waals surface area (Å²) in [5.41, 5.74) is 3.24. The Bertz CT molecular complexity index is 520. The fraction of sp³-hybridized carbons (Fsp3) is 0.357. The maximum Gasteiger partial charge on any atom is 0.123 e. The Kier molecular flexibility index (Phi) is 4.10. The molecule has 0 radical (unpaired) electrons. The minimum absolute atomic E-state index is 0.204. The summed E-state index contributed by atoms with van der Waals surface area (Å²) in [4.78, 5) is 0. The van der Waals surface area contributed by atoms with E-state index >= 15 is 0 Å². The van der Waals surface area contributed by atoms with Crippen LogP contribution in [0.25, 0.3) is 0 Å². The van der Waals surface area contributed by atoms with Crippen molar-refractivity contribution in [3.05, 3.63) is 53.1 Å². The first-order valence-corrected chi connectivity index (χ1v) is 6.17. The van der Waals surface area contributed by atoms with Crippen LogP contribution in [0.15, 0.2) is 30.5 Å². The van der Waals surface area contributed by atoms with Crippen molar-refractivity contribution in [2.24, 2.45) is 0 Å². The molecule has 0 bridgehead atoms. The third-order valence-electron chi connectivity index (χ3n) is 2.99. The minimum atomic E-state index is -0.204. The highest BCUT2D eigenvalue weighted by molar-refractivity contribution is 5.20. The van der Waals surface area contributed by atoms with Crippen LogP contribution in [-0.4, -0.2) is 16.3 Å². The summed E-state index contributed by atoms with van der Waals surface area (Å²) in [5, 5.41) is 7.63. The van der Waals surface area contributed by atoms with Crippen molar-refractivity contribution in [2.45, 2.75) is 26.9 Å². The zero-order valence-corrected chi connectivity index (χ0v) is 10.8. The molecular formula is C14H18FN3. The van der Waals surface area contributed by atoms with E-state index in [9.17, 15) is 4.39 Å². The van der Waals surface area contributed by atoms with Crippen LogP contribution in [0, 0.1) is 12.7 Å². The van der Waals surface area contributed by atoms with E-state index < -0.39 is 0 Å². The predicted molar refractivity (Wildman–Crippen MR) is 69.8 cm³/mol. The van der Waals surface area contributed by atoms with Crippen molar-refractivity contribution in [1.29, 1.82) is 0 Å². The van der Waals surface area contributed by atoms with Crippen molar-refractivity contribution in [1.82, 2.24) is 15.1 Å². The number of aromatic nitrogens is 2. The molecule has 0 unspecified atom stereocenters. The summed E-state index contributed by atoms with van der Waals surface area (Å²) >= 11 is 0. The van der Waals surface area contributed by atoms with Gasteiger partial charge in [-0.05, 0) is 31.2 Å². The molecule has 1 heterocycles. The van der Waals surface area contributed by atoms with E-state index in [1.54, 1.807) is 12.1 Å². The molecule has 0 amide bonds. The van der Waals surface area contributed by atoms with E-state index in [-0.39, 0.29) is 5.82 Å². The van der Waals surface area contributed by atoms with Crippen LogP contribution in [0.3, 0.4) is 0 Å². The molecule has 0 saturated carbocycles. The van der Waals surface area contributed by atoms with Crippen molar-refractivity contribution < 1.29 is 4.39 Å². The molecule has 2 aromatic rings. The molecule has 18 heavy (non-hydrogen) atoms. The third-order valence-corrected chi connectivity index (χ3v) is 2.99. The van der Waals surface area contributed by atoms with Gasteiger partial charge in [0.15, 0.2) is 0 Å². The lowest BCUT2D eigenvalue weighted by Gasteiger charge is -2.06. The van der Waals surface area contributed by atoms with E-state index in [4.69, 9.17) is 0 Å². The molecule has 3 nitrogen and oxygen atoms in total. The zero-order chi connectivity index (χ0) is 13.0. The van der Waals surface area contributed by atoms with Crippen molar-refractivity contribution in [3.63, 3.8) is 0 Å². The highest BCUT2D eigenvalue weighted by atomic mass is 19.1. The maximum atomic E-state index is 13.1. The van der Waals surface area contributed by atoms with Gasteiger partial charge < -0.3 is 5.32 Å². The highest BCUT2D eigenvalue weighted by Crippen LogP contribution is 2.11. The smallest absolute Gasteiger partial charge is 0.123 e. The Morgan fingerprint density at radius 3 is 2.94 bits per heavy atom. The van der Waals surface area contributed by atoms with Crippen LogP contribution < -0.4 is 5.32 Å². The van der Waals surface area contributed by atoms with Gasteiger partial charge in [-0.15, -0.1) is 0 Å². The molecule has 1 N–H and O–H groups in total. The Morgan fingerprint density at radius 1 is 1.39 bits per heavy atom. The number of halogens is 1. The zero-order valence-electron chi connectivity index (χ0n) is 10.8. The second-order valence-corrected chi connectivity index (χ2v) is 4.32. The molecule has 96 valence electrons. The summed E-state index contributed by atoms with van der Waals surface area (Å²) in [6.07, 6.45) is 1.87. The second kappa shape index (κ2) is 5.78. The number of nitrogens with one attached hydrogen (secondary N) is 1. The highest BCUT2D eigenvalue weighted by Gasteiger charge is 2.06. The molecule has 0 saturated heterocycles. The molecule has 0 fully saturated rings. The first-order chi connectivity index (χ1) is 8.70. The Balaban J connectivity index is 2.12. The van der Waals surface area contributed by atoms with Gasteiger partial charge in [0.05, 0.1) is 12.7 Å². The van der Waals surface area contributed by atoms with Gasteiger partial charge in [-0.2, -0.15) is 5.10 Å². The largest absolute Gasteiger partial charge is 0.313 e.